The molecule has 6 heteroatoms. The van der Waals surface area contributed by atoms with Gasteiger partial charge in [-0.25, -0.2) is 0 Å². The molecule has 1 fully saturated rings. The molecular weight excluding hydrogens is 234 g/mol. The van der Waals surface area contributed by atoms with Crippen LogP contribution in [0.25, 0.3) is 0 Å². The number of carbonyl (C=O) groups is 2. The molecule has 6 nitrogen and oxygen atoms in total. The molecule has 0 saturated heterocycles. The van der Waals surface area contributed by atoms with Crippen LogP contribution in [0.1, 0.15) is 31.0 Å². The Kier molecular flexibility index (Phi) is 3.11. The van der Waals surface area contributed by atoms with Gasteiger partial charge in [0.1, 0.15) is 5.41 Å². The number of hydrogen-bond acceptors (Lipinski definition) is 3. The SMILES string of the molecule is CCc1nn(C)cc1CNC(=O)C1(C(=O)O)CC1. The Morgan fingerprint density at radius 1 is 1.56 bits per heavy atom. The molecule has 98 valence electrons. The van der Waals surface area contributed by atoms with E-state index in [4.69, 9.17) is 5.11 Å². The van der Waals surface area contributed by atoms with Crippen molar-refractivity contribution in [1.29, 1.82) is 0 Å². The second-order valence-electron chi connectivity index (χ2n) is 4.70. The van der Waals surface area contributed by atoms with Gasteiger partial charge in [0.25, 0.3) is 0 Å². The van der Waals surface area contributed by atoms with Crippen LogP contribution in [0.4, 0.5) is 0 Å². The fourth-order valence-corrected chi connectivity index (χ4v) is 2.04. The zero-order chi connectivity index (χ0) is 13.3. The highest BCUT2D eigenvalue weighted by Crippen LogP contribution is 2.46. The number of rotatable bonds is 5. The van der Waals surface area contributed by atoms with E-state index >= 15 is 0 Å². The van der Waals surface area contributed by atoms with Crippen LogP contribution in [0.2, 0.25) is 0 Å². The van der Waals surface area contributed by atoms with E-state index < -0.39 is 11.4 Å². The summed E-state index contributed by atoms with van der Waals surface area (Å²) >= 11 is 0. The average molecular weight is 251 g/mol. The Morgan fingerprint density at radius 2 is 2.22 bits per heavy atom. The third-order valence-electron chi connectivity index (χ3n) is 3.36. The van der Waals surface area contributed by atoms with E-state index in [0.717, 1.165) is 17.7 Å². The standard InChI is InChI=1S/C12H17N3O3/c1-3-9-8(7-15(2)14-9)6-13-10(16)12(4-5-12)11(17)18/h7H,3-6H2,1-2H3,(H,13,16)(H,17,18). The monoisotopic (exact) mass is 251 g/mol. The van der Waals surface area contributed by atoms with Gasteiger partial charge in [-0.1, -0.05) is 6.92 Å². The van der Waals surface area contributed by atoms with Crippen molar-refractivity contribution in [2.45, 2.75) is 32.7 Å². The molecule has 1 aromatic heterocycles. The largest absolute Gasteiger partial charge is 0.480 e. The summed E-state index contributed by atoms with van der Waals surface area (Å²) in [6.45, 7) is 2.33. The van der Waals surface area contributed by atoms with E-state index in [-0.39, 0.29) is 5.91 Å². The smallest absolute Gasteiger partial charge is 0.319 e. The fraction of sp³-hybridized carbons (Fsp3) is 0.583. The van der Waals surface area contributed by atoms with Crippen LogP contribution < -0.4 is 5.32 Å². The number of carboxylic acid groups (broad SMARTS) is 1. The maximum Gasteiger partial charge on any atom is 0.319 e. The van der Waals surface area contributed by atoms with Crippen LogP contribution in [-0.4, -0.2) is 26.8 Å². The summed E-state index contributed by atoms with van der Waals surface area (Å²) in [7, 11) is 1.82. The lowest BCUT2D eigenvalue weighted by atomic mass is 10.1. The normalized spacial score (nSPS) is 16.3. The van der Waals surface area contributed by atoms with Crippen molar-refractivity contribution in [3.05, 3.63) is 17.5 Å². The molecule has 1 heterocycles. The number of nitrogens with zero attached hydrogens (tertiary/aromatic N) is 2. The second kappa shape index (κ2) is 4.44. The highest BCUT2D eigenvalue weighted by molar-refractivity contribution is 6.04. The molecule has 0 spiro atoms. The van der Waals surface area contributed by atoms with Crippen molar-refractivity contribution < 1.29 is 14.7 Å². The molecule has 1 aromatic rings. The molecule has 1 saturated carbocycles. The van der Waals surface area contributed by atoms with Crippen molar-refractivity contribution in [1.82, 2.24) is 15.1 Å². The van der Waals surface area contributed by atoms with Gasteiger partial charge in [0, 0.05) is 25.4 Å². The summed E-state index contributed by atoms with van der Waals surface area (Å²) in [4.78, 5) is 22.8. The number of aromatic nitrogens is 2. The maximum absolute atomic E-state index is 11.8. The van der Waals surface area contributed by atoms with Gasteiger partial charge in [-0.2, -0.15) is 5.10 Å². The minimum atomic E-state index is -1.17. The van der Waals surface area contributed by atoms with E-state index in [1.165, 1.54) is 0 Å². The molecule has 0 bridgehead atoms. The molecule has 0 aliphatic heterocycles. The zero-order valence-corrected chi connectivity index (χ0v) is 10.6. The van der Waals surface area contributed by atoms with Crippen LogP contribution in [-0.2, 0) is 29.6 Å². The third-order valence-corrected chi connectivity index (χ3v) is 3.36. The van der Waals surface area contributed by atoms with Gasteiger partial charge in [0.05, 0.1) is 5.69 Å². The first-order valence-electron chi connectivity index (χ1n) is 6.02. The molecule has 1 aliphatic rings. The highest BCUT2D eigenvalue weighted by atomic mass is 16.4. The Hall–Kier alpha value is -1.85. The molecule has 1 amide bonds. The lowest BCUT2D eigenvalue weighted by molar-refractivity contribution is -0.149. The Morgan fingerprint density at radius 3 is 2.72 bits per heavy atom. The van der Waals surface area contributed by atoms with Crippen molar-refractivity contribution >= 4 is 11.9 Å². The lowest BCUT2D eigenvalue weighted by Gasteiger charge is -2.10. The number of aryl methyl sites for hydroxylation is 2. The summed E-state index contributed by atoms with van der Waals surface area (Å²) in [6, 6.07) is 0. The van der Waals surface area contributed by atoms with Crippen molar-refractivity contribution in [3.8, 4) is 0 Å². The molecule has 18 heavy (non-hydrogen) atoms. The van der Waals surface area contributed by atoms with Crippen LogP contribution >= 0.6 is 0 Å². The molecule has 2 rings (SSSR count). The molecule has 2 N–H and O–H groups in total. The zero-order valence-electron chi connectivity index (χ0n) is 10.6. The molecular formula is C12H17N3O3. The van der Waals surface area contributed by atoms with E-state index in [0.29, 0.717) is 19.4 Å². The van der Waals surface area contributed by atoms with Crippen molar-refractivity contribution in [2.75, 3.05) is 0 Å². The fourth-order valence-electron chi connectivity index (χ4n) is 2.04. The van der Waals surface area contributed by atoms with Gasteiger partial charge in [-0.05, 0) is 19.3 Å². The van der Waals surface area contributed by atoms with E-state index in [2.05, 4.69) is 10.4 Å². The van der Waals surface area contributed by atoms with Gasteiger partial charge in [0.2, 0.25) is 5.91 Å². The summed E-state index contributed by atoms with van der Waals surface area (Å²) in [5.74, 6) is -1.41. The van der Waals surface area contributed by atoms with Gasteiger partial charge >= 0.3 is 5.97 Å². The molecule has 0 aromatic carbocycles. The molecule has 0 atom stereocenters. The summed E-state index contributed by atoms with van der Waals surface area (Å²) in [6.07, 6.45) is 3.50. The summed E-state index contributed by atoms with van der Waals surface area (Å²) in [5, 5.41) is 16.0. The Bertz CT molecular complexity index is 489. The second-order valence-corrected chi connectivity index (χ2v) is 4.70. The van der Waals surface area contributed by atoms with Crippen LogP contribution in [0.15, 0.2) is 6.20 Å². The minimum absolute atomic E-state index is 0.338. The summed E-state index contributed by atoms with van der Waals surface area (Å²) in [5.41, 5.74) is 0.696. The Balaban J connectivity index is 2.00. The predicted molar refractivity (Wildman–Crippen MR) is 63.7 cm³/mol. The first-order valence-corrected chi connectivity index (χ1v) is 6.02. The van der Waals surface area contributed by atoms with E-state index in [1.807, 2.05) is 20.2 Å². The number of carboxylic acids is 1. The lowest BCUT2D eigenvalue weighted by Crippen LogP contribution is -2.36. The number of carbonyl (C=O) groups excluding carboxylic acids is 1. The minimum Gasteiger partial charge on any atom is -0.480 e. The van der Waals surface area contributed by atoms with Gasteiger partial charge in [-0.15, -0.1) is 0 Å². The van der Waals surface area contributed by atoms with E-state index in [1.54, 1.807) is 4.68 Å². The Labute approximate surface area is 105 Å². The predicted octanol–water partition coefficient (Wildman–Crippen LogP) is 0.463. The number of nitrogens with one attached hydrogen (secondary N) is 1. The van der Waals surface area contributed by atoms with Crippen LogP contribution in [0.3, 0.4) is 0 Å². The topological polar surface area (TPSA) is 84.2 Å². The van der Waals surface area contributed by atoms with Crippen molar-refractivity contribution in [3.63, 3.8) is 0 Å². The van der Waals surface area contributed by atoms with Crippen LogP contribution in [0, 0.1) is 5.41 Å². The van der Waals surface area contributed by atoms with Crippen molar-refractivity contribution in [2.24, 2.45) is 12.5 Å². The average Bonchev–Trinajstić information content (AvgIpc) is 3.06. The first kappa shape index (κ1) is 12.6. The van der Waals surface area contributed by atoms with Gasteiger partial charge < -0.3 is 10.4 Å². The first-order chi connectivity index (χ1) is 8.49. The van der Waals surface area contributed by atoms with Gasteiger partial charge in [-0.3, -0.25) is 14.3 Å². The maximum atomic E-state index is 11.8. The number of hydrogen-bond donors (Lipinski definition) is 2. The van der Waals surface area contributed by atoms with E-state index in [9.17, 15) is 9.59 Å². The number of amides is 1. The number of aliphatic carboxylic acids is 1. The summed E-state index contributed by atoms with van der Waals surface area (Å²) < 4.78 is 1.70. The molecule has 0 radical (unpaired) electrons. The quantitative estimate of drug-likeness (QED) is 0.745. The van der Waals surface area contributed by atoms with Gasteiger partial charge in [0.15, 0.2) is 0 Å². The third kappa shape index (κ3) is 2.10. The highest BCUT2D eigenvalue weighted by Gasteiger charge is 2.56. The molecule has 0 unspecified atom stereocenters. The molecule has 1 aliphatic carbocycles. The van der Waals surface area contributed by atoms with Crippen LogP contribution in [0.5, 0.6) is 0 Å².